The highest BCUT2D eigenvalue weighted by Gasteiger charge is 2.24. The van der Waals surface area contributed by atoms with Crippen molar-refractivity contribution in [3.8, 4) is 0 Å². The molecular weight excluding hydrogens is 412 g/mol. The lowest BCUT2D eigenvalue weighted by Gasteiger charge is -2.16. The van der Waals surface area contributed by atoms with Crippen LogP contribution in [0, 0.1) is 0 Å². The summed E-state index contributed by atoms with van der Waals surface area (Å²) < 4.78 is 14.9. The zero-order chi connectivity index (χ0) is 22.4. The summed E-state index contributed by atoms with van der Waals surface area (Å²) in [5.74, 6) is -1.06. The average Bonchev–Trinajstić information content (AvgIpc) is 3.28. The number of rotatable bonds is 13. The Kier molecular flexibility index (Phi) is 8.60. The largest absolute Gasteiger partial charge is 0.361 e. The molecule has 0 radical (unpaired) electrons. The number of aromatic nitrogens is 2. The standard InChI is InChI=1S/C22H36N2O4Si2/c1-29(2,3)15-13-27-17-23-11-7-9-19(23)21(25)22(26)20-10-8-12-24(20)18-28-14-16-30(4,5)6/h7-12H,13-18H2,1-6H3. The molecule has 0 saturated heterocycles. The topological polar surface area (TPSA) is 62.5 Å². The van der Waals surface area contributed by atoms with E-state index in [-0.39, 0.29) is 13.5 Å². The second kappa shape index (κ2) is 10.5. The van der Waals surface area contributed by atoms with Gasteiger partial charge < -0.3 is 18.6 Å². The molecular formula is C22H36N2O4Si2. The Morgan fingerprint density at radius 3 is 1.43 bits per heavy atom. The van der Waals surface area contributed by atoms with Gasteiger partial charge in [-0.15, -0.1) is 0 Å². The summed E-state index contributed by atoms with van der Waals surface area (Å²) in [5.41, 5.74) is 0.695. The first kappa shape index (κ1) is 24.5. The summed E-state index contributed by atoms with van der Waals surface area (Å²) in [6.45, 7) is 15.6. The molecule has 30 heavy (non-hydrogen) atoms. The van der Waals surface area contributed by atoms with Gasteiger partial charge in [0, 0.05) is 41.8 Å². The van der Waals surface area contributed by atoms with Gasteiger partial charge >= 0.3 is 0 Å². The molecule has 0 unspecified atom stereocenters. The smallest absolute Gasteiger partial charge is 0.251 e. The van der Waals surface area contributed by atoms with Gasteiger partial charge in [0.2, 0.25) is 0 Å². The zero-order valence-electron chi connectivity index (χ0n) is 19.2. The van der Waals surface area contributed by atoms with E-state index in [0.717, 1.165) is 12.1 Å². The predicted molar refractivity (Wildman–Crippen MR) is 126 cm³/mol. The number of ketones is 2. The zero-order valence-corrected chi connectivity index (χ0v) is 21.2. The third-order valence-corrected chi connectivity index (χ3v) is 8.19. The van der Waals surface area contributed by atoms with E-state index in [9.17, 15) is 9.59 Å². The number of carbonyl (C=O) groups is 2. The van der Waals surface area contributed by atoms with Crippen molar-refractivity contribution in [2.24, 2.45) is 0 Å². The van der Waals surface area contributed by atoms with Gasteiger partial charge in [-0.05, 0) is 36.4 Å². The third kappa shape index (κ3) is 7.83. The molecule has 0 aromatic carbocycles. The van der Waals surface area contributed by atoms with E-state index in [1.807, 2.05) is 0 Å². The van der Waals surface area contributed by atoms with Gasteiger partial charge in [-0.25, -0.2) is 0 Å². The highest BCUT2D eigenvalue weighted by atomic mass is 28.3. The molecule has 2 aromatic heterocycles. The van der Waals surface area contributed by atoms with Gasteiger partial charge in [0.05, 0.1) is 11.4 Å². The van der Waals surface area contributed by atoms with Gasteiger partial charge in [0.25, 0.3) is 11.6 Å². The summed E-state index contributed by atoms with van der Waals surface area (Å²) in [6.07, 6.45) is 3.54. The monoisotopic (exact) mass is 448 g/mol. The first-order chi connectivity index (χ1) is 14.0. The molecule has 0 aliphatic heterocycles. The molecule has 0 amide bonds. The Bertz CT molecular complexity index is 774. The minimum atomic E-state index is -1.17. The van der Waals surface area contributed by atoms with Crippen LogP contribution in [0.5, 0.6) is 0 Å². The minimum absolute atomic E-state index is 0.270. The molecule has 2 aromatic rings. The highest BCUT2D eigenvalue weighted by molar-refractivity contribution is 6.76. The van der Waals surface area contributed by atoms with Crippen LogP contribution in [0.4, 0.5) is 0 Å². The quantitative estimate of drug-likeness (QED) is 0.188. The van der Waals surface area contributed by atoms with Gasteiger partial charge in [-0.2, -0.15) is 0 Å². The van der Waals surface area contributed by atoms with Gasteiger partial charge in [0.15, 0.2) is 0 Å². The molecule has 6 nitrogen and oxygen atoms in total. The fourth-order valence-corrected chi connectivity index (χ4v) is 4.29. The van der Waals surface area contributed by atoms with E-state index in [0.29, 0.717) is 24.6 Å². The lowest BCUT2D eigenvalue weighted by atomic mass is 10.1. The summed E-state index contributed by atoms with van der Waals surface area (Å²) in [7, 11) is -2.34. The van der Waals surface area contributed by atoms with E-state index in [2.05, 4.69) is 39.3 Å². The third-order valence-electron chi connectivity index (χ3n) is 4.78. The van der Waals surface area contributed by atoms with Crippen molar-refractivity contribution in [1.82, 2.24) is 9.13 Å². The second-order valence-corrected chi connectivity index (χ2v) is 21.3. The molecule has 0 bridgehead atoms. The van der Waals surface area contributed by atoms with Crippen LogP contribution in [0.2, 0.25) is 51.4 Å². The molecule has 0 aliphatic carbocycles. The van der Waals surface area contributed by atoms with Crippen molar-refractivity contribution in [2.45, 2.75) is 64.8 Å². The van der Waals surface area contributed by atoms with Crippen LogP contribution < -0.4 is 0 Å². The first-order valence-electron chi connectivity index (χ1n) is 10.5. The van der Waals surface area contributed by atoms with Crippen LogP contribution in [0.25, 0.3) is 0 Å². The molecule has 2 heterocycles. The summed E-state index contributed by atoms with van der Waals surface area (Å²) in [5, 5.41) is 0. The highest BCUT2D eigenvalue weighted by Crippen LogP contribution is 2.13. The Morgan fingerprint density at radius 2 is 1.10 bits per heavy atom. The van der Waals surface area contributed by atoms with Gasteiger partial charge in [0.1, 0.15) is 13.5 Å². The maximum atomic E-state index is 12.9. The van der Waals surface area contributed by atoms with E-state index < -0.39 is 27.7 Å². The van der Waals surface area contributed by atoms with E-state index in [4.69, 9.17) is 9.47 Å². The lowest BCUT2D eigenvalue weighted by Crippen LogP contribution is -2.24. The van der Waals surface area contributed by atoms with Crippen LogP contribution in [0.15, 0.2) is 36.7 Å². The number of nitrogens with zero attached hydrogens (tertiary/aromatic N) is 2. The lowest BCUT2D eigenvalue weighted by molar-refractivity contribution is 0.0716. The molecule has 166 valence electrons. The Morgan fingerprint density at radius 1 is 0.733 bits per heavy atom. The van der Waals surface area contributed by atoms with Crippen LogP contribution >= 0.6 is 0 Å². The van der Waals surface area contributed by atoms with Crippen molar-refractivity contribution in [1.29, 1.82) is 0 Å². The molecule has 8 heteroatoms. The van der Waals surface area contributed by atoms with Crippen molar-refractivity contribution in [2.75, 3.05) is 13.2 Å². The molecule has 0 atom stereocenters. The fraction of sp³-hybridized carbons (Fsp3) is 0.545. The Balaban J connectivity index is 1.96. The van der Waals surface area contributed by atoms with E-state index in [1.54, 1.807) is 45.8 Å². The Hall–Kier alpha value is -1.75. The number of Topliss-reactive ketones (excluding diaryl/α,β-unsaturated/α-hetero) is 2. The number of ether oxygens (including phenoxy) is 2. The number of carbonyl (C=O) groups excluding carboxylic acids is 2. The molecule has 0 fully saturated rings. The van der Waals surface area contributed by atoms with E-state index >= 15 is 0 Å². The van der Waals surface area contributed by atoms with Crippen LogP contribution in [-0.2, 0) is 22.9 Å². The fourth-order valence-electron chi connectivity index (χ4n) is 2.78. The molecule has 0 spiro atoms. The minimum Gasteiger partial charge on any atom is -0.361 e. The van der Waals surface area contributed by atoms with E-state index in [1.165, 1.54) is 0 Å². The maximum Gasteiger partial charge on any atom is 0.251 e. The summed E-state index contributed by atoms with van der Waals surface area (Å²) in [6, 6.07) is 8.98. The second-order valence-electron chi connectivity index (χ2n) is 10.1. The molecule has 0 saturated carbocycles. The van der Waals surface area contributed by atoms with Crippen molar-refractivity contribution >= 4 is 27.7 Å². The van der Waals surface area contributed by atoms with Crippen molar-refractivity contribution in [3.63, 3.8) is 0 Å². The molecule has 0 N–H and O–H groups in total. The first-order valence-corrected chi connectivity index (χ1v) is 17.9. The summed E-state index contributed by atoms with van der Waals surface area (Å²) >= 11 is 0. The van der Waals surface area contributed by atoms with Crippen molar-refractivity contribution in [3.05, 3.63) is 48.0 Å². The SMILES string of the molecule is C[Si](C)(C)CCOCn1cccc1C(=O)C(=O)c1cccn1COCC[Si](C)(C)C. The number of hydrogen-bond donors (Lipinski definition) is 0. The predicted octanol–water partition coefficient (Wildman–Crippen LogP) is 4.98. The Labute approximate surface area is 182 Å². The maximum absolute atomic E-state index is 12.9. The average molecular weight is 449 g/mol. The van der Waals surface area contributed by atoms with Crippen molar-refractivity contribution < 1.29 is 19.1 Å². The van der Waals surface area contributed by atoms with Gasteiger partial charge in [-0.1, -0.05) is 39.3 Å². The van der Waals surface area contributed by atoms with Crippen LogP contribution in [0.1, 0.15) is 21.0 Å². The molecule has 0 aliphatic rings. The van der Waals surface area contributed by atoms with Gasteiger partial charge in [-0.3, -0.25) is 9.59 Å². The van der Waals surface area contributed by atoms with Crippen LogP contribution in [-0.4, -0.2) is 50.1 Å². The van der Waals surface area contributed by atoms with Crippen LogP contribution in [0.3, 0.4) is 0 Å². The normalized spacial score (nSPS) is 12.3. The summed E-state index contributed by atoms with van der Waals surface area (Å²) in [4.78, 5) is 25.7. The number of hydrogen-bond acceptors (Lipinski definition) is 4. The molecule has 2 rings (SSSR count).